The van der Waals surface area contributed by atoms with E-state index in [1.165, 1.54) is 0 Å². The predicted molar refractivity (Wildman–Crippen MR) is 42.7 cm³/mol. The first-order valence-electron chi connectivity index (χ1n) is 3.62. The number of nitrogens with two attached hydrogens (primary N) is 1. The average Bonchev–Trinajstić information content (AvgIpc) is 2.37. The Balaban J connectivity index is 2.48. The zero-order chi connectivity index (χ0) is 8.77. The lowest BCUT2D eigenvalue weighted by Gasteiger charge is -2.08. The molecule has 0 aromatic carbocycles. The molecular weight excluding hydrogens is 178 g/mol. The van der Waals surface area contributed by atoms with E-state index in [0.29, 0.717) is 12.8 Å². The molecule has 1 aromatic rings. The summed E-state index contributed by atoms with van der Waals surface area (Å²) < 4.78 is 23.7. The second kappa shape index (κ2) is 2.30. The molecule has 2 heterocycles. The van der Waals surface area contributed by atoms with Crippen LogP contribution in [0.5, 0.6) is 0 Å². The van der Waals surface area contributed by atoms with Crippen molar-refractivity contribution in [3.63, 3.8) is 0 Å². The maximum Gasteiger partial charge on any atom is 0.230 e. The Morgan fingerprint density at radius 1 is 1.67 bits per heavy atom. The summed E-state index contributed by atoms with van der Waals surface area (Å²) in [5.41, 5.74) is 0. The summed E-state index contributed by atoms with van der Waals surface area (Å²) in [5.74, 6) is 0.800. The van der Waals surface area contributed by atoms with Crippen LogP contribution in [0.15, 0.2) is 12.4 Å². The summed E-state index contributed by atoms with van der Waals surface area (Å²) in [6.07, 6.45) is 4.47. The molecule has 0 saturated heterocycles. The van der Waals surface area contributed by atoms with Crippen LogP contribution >= 0.6 is 0 Å². The summed E-state index contributed by atoms with van der Waals surface area (Å²) in [5, 5.41) is 4.44. The van der Waals surface area contributed by atoms with Gasteiger partial charge in [0.15, 0.2) is 5.37 Å². The molecule has 0 amide bonds. The summed E-state index contributed by atoms with van der Waals surface area (Å²) >= 11 is 0. The van der Waals surface area contributed by atoms with E-state index in [1.807, 2.05) is 0 Å². The highest BCUT2D eigenvalue weighted by molar-refractivity contribution is 7.89. The van der Waals surface area contributed by atoms with Crippen LogP contribution in [0.1, 0.15) is 17.6 Å². The zero-order valence-corrected chi connectivity index (χ0v) is 7.16. The van der Waals surface area contributed by atoms with Crippen molar-refractivity contribution in [1.82, 2.24) is 9.55 Å². The lowest BCUT2D eigenvalue weighted by molar-refractivity contribution is 0.556. The van der Waals surface area contributed by atoms with Crippen molar-refractivity contribution >= 4 is 10.0 Å². The maximum atomic E-state index is 11.0. The van der Waals surface area contributed by atoms with Crippen LogP contribution in [0.2, 0.25) is 0 Å². The first-order chi connectivity index (χ1) is 5.59. The molecule has 0 radical (unpaired) electrons. The minimum absolute atomic E-state index is 0.544. The Bertz CT molecular complexity index is 395. The van der Waals surface area contributed by atoms with Gasteiger partial charge in [-0.15, -0.1) is 0 Å². The fourth-order valence-electron chi connectivity index (χ4n) is 1.51. The van der Waals surface area contributed by atoms with E-state index in [0.717, 1.165) is 5.82 Å². The monoisotopic (exact) mass is 187 g/mol. The van der Waals surface area contributed by atoms with Gasteiger partial charge in [0.25, 0.3) is 0 Å². The number of hydrogen-bond donors (Lipinski definition) is 1. The molecule has 0 fully saturated rings. The van der Waals surface area contributed by atoms with Gasteiger partial charge in [-0.3, -0.25) is 0 Å². The predicted octanol–water partition coefficient (Wildman–Crippen LogP) is -0.384. The second-order valence-electron chi connectivity index (χ2n) is 2.83. The Morgan fingerprint density at radius 3 is 3.08 bits per heavy atom. The number of hydrogen-bond acceptors (Lipinski definition) is 3. The quantitative estimate of drug-likeness (QED) is 0.650. The fraction of sp³-hybridized carbons (Fsp3) is 0.500. The molecule has 66 valence electrons. The summed E-state index contributed by atoms with van der Waals surface area (Å²) in [6.45, 7) is 0. The van der Waals surface area contributed by atoms with Crippen LogP contribution in [-0.2, 0) is 16.4 Å². The van der Waals surface area contributed by atoms with Crippen LogP contribution in [-0.4, -0.2) is 18.0 Å². The third-order valence-corrected chi connectivity index (χ3v) is 3.27. The normalized spacial score (nSPS) is 22.6. The van der Waals surface area contributed by atoms with E-state index in [4.69, 9.17) is 5.14 Å². The van der Waals surface area contributed by atoms with Gasteiger partial charge in [0.1, 0.15) is 5.82 Å². The standard InChI is InChI=1S/C6H9N3O2S/c7-12(10,11)6-2-1-5-8-3-4-9(5)6/h3-4,6H,1-2H2,(H2,7,10,11). The van der Waals surface area contributed by atoms with E-state index >= 15 is 0 Å². The maximum absolute atomic E-state index is 11.0. The molecule has 6 heteroatoms. The third-order valence-electron chi connectivity index (χ3n) is 2.05. The number of fused-ring (bicyclic) bond motifs is 1. The van der Waals surface area contributed by atoms with Gasteiger partial charge in [-0.2, -0.15) is 0 Å². The van der Waals surface area contributed by atoms with E-state index in [2.05, 4.69) is 4.98 Å². The number of imidazole rings is 1. The van der Waals surface area contributed by atoms with Crippen LogP contribution in [0.3, 0.4) is 0 Å². The Hall–Kier alpha value is -0.880. The number of sulfonamides is 1. The third kappa shape index (κ3) is 1.03. The Kier molecular flexibility index (Phi) is 1.49. The van der Waals surface area contributed by atoms with Gasteiger partial charge in [0, 0.05) is 18.8 Å². The van der Waals surface area contributed by atoms with E-state index in [-0.39, 0.29) is 0 Å². The van der Waals surface area contributed by atoms with Gasteiger partial charge in [-0.05, 0) is 6.42 Å². The van der Waals surface area contributed by atoms with Crippen molar-refractivity contribution in [1.29, 1.82) is 0 Å². The van der Waals surface area contributed by atoms with Gasteiger partial charge in [0.05, 0.1) is 0 Å². The molecule has 0 bridgehead atoms. The van der Waals surface area contributed by atoms with Gasteiger partial charge < -0.3 is 4.57 Å². The number of primary sulfonamides is 1. The van der Waals surface area contributed by atoms with E-state index < -0.39 is 15.4 Å². The molecule has 5 nitrogen and oxygen atoms in total. The summed E-state index contributed by atoms with van der Waals surface area (Å²) in [4.78, 5) is 4.00. The molecule has 0 spiro atoms. The van der Waals surface area contributed by atoms with Crippen LogP contribution in [0.4, 0.5) is 0 Å². The topological polar surface area (TPSA) is 78.0 Å². The van der Waals surface area contributed by atoms with Gasteiger partial charge >= 0.3 is 0 Å². The number of aryl methyl sites for hydroxylation is 1. The van der Waals surface area contributed by atoms with Crippen LogP contribution in [0.25, 0.3) is 0 Å². The molecule has 0 aliphatic carbocycles. The first-order valence-corrected chi connectivity index (χ1v) is 5.23. The van der Waals surface area contributed by atoms with Gasteiger partial charge in [-0.1, -0.05) is 0 Å². The smallest absolute Gasteiger partial charge is 0.230 e. The lowest BCUT2D eigenvalue weighted by Crippen LogP contribution is -2.23. The molecule has 1 aliphatic rings. The highest BCUT2D eigenvalue weighted by Gasteiger charge is 2.30. The molecule has 2 rings (SSSR count). The largest absolute Gasteiger partial charge is 0.316 e. The molecule has 1 unspecified atom stereocenters. The van der Waals surface area contributed by atoms with Crippen molar-refractivity contribution in [2.75, 3.05) is 0 Å². The van der Waals surface area contributed by atoms with E-state index in [9.17, 15) is 8.42 Å². The molecule has 1 atom stereocenters. The van der Waals surface area contributed by atoms with Crippen molar-refractivity contribution in [3.8, 4) is 0 Å². The zero-order valence-electron chi connectivity index (χ0n) is 6.34. The molecule has 1 aromatic heterocycles. The van der Waals surface area contributed by atoms with Crippen molar-refractivity contribution in [3.05, 3.63) is 18.2 Å². The van der Waals surface area contributed by atoms with Crippen molar-refractivity contribution in [2.45, 2.75) is 18.2 Å². The molecule has 0 saturated carbocycles. The van der Waals surface area contributed by atoms with Gasteiger partial charge in [-0.25, -0.2) is 18.5 Å². The van der Waals surface area contributed by atoms with Crippen molar-refractivity contribution < 1.29 is 8.42 Å². The lowest BCUT2D eigenvalue weighted by atomic mass is 10.4. The highest BCUT2D eigenvalue weighted by atomic mass is 32.2. The van der Waals surface area contributed by atoms with Gasteiger partial charge in [0.2, 0.25) is 10.0 Å². The molecule has 12 heavy (non-hydrogen) atoms. The van der Waals surface area contributed by atoms with Crippen molar-refractivity contribution in [2.24, 2.45) is 5.14 Å². The Labute approximate surface area is 70.3 Å². The molecule has 1 aliphatic heterocycles. The average molecular weight is 187 g/mol. The summed E-state index contributed by atoms with van der Waals surface area (Å²) in [7, 11) is -3.46. The Morgan fingerprint density at radius 2 is 2.42 bits per heavy atom. The minimum Gasteiger partial charge on any atom is -0.316 e. The molecule has 2 N–H and O–H groups in total. The molecular formula is C6H9N3O2S. The second-order valence-corrected chi connectivity index (χ2v) is 4.56. The van der Waals surface area contributed by atoms with Crippen LogP contribution < -0.4 is 5.14 Å². The SMILES string of the molecule is NS(=O)(=O)C1CCc2nccn21. The first kappa shape index (κ1) is 7.75. The number of rotatable bonds is 1. The number of nitrogens with zero attached hydrogens (tertiary/aromatic N) is 2. The van der Waals surface area contributed by atoms with Crippen LogP contribution in [0, 0.1) is 0 Å². The fourth-order valence-corrected chi connectivity index (χ4v) is 2.47. The minimum atomic E-state index is -3.46. The number of aromatic nitrogens is 2. The highest BCUT2D eigenvalue weighted by Crippen LogP contribution is 2.27. The van der Waals surface area contributed by atoms with E-state index in [1.54, 1.807) is 17.0 Å². The summed E-state index contributed by atoms with van der Waals surface area (Å²) in [6, 6.07) is 0.